The summed E-state index contributed by atoms with van der Waals surface area (Å²) in [4.78, 5) is 28.1. The molecule has 0 amide bonds. The predicted molar refractivity (Wildman–Crippen MR) is 97.8 cm³/mol. The second-order valence-corrected chi connectivity index (χ2v) is 6.16. The Morgan fingerprint density at radius 3 is 2.81 bits per heavy atom. The molecule has 0 saturated carbocycles. The fourth-order valence-electron chi connectivity index (χ4n) is 2.11. The standard InChI is InChI=1S/C19H18N2O4S/c1-3-24-17-7-5-4-6-14(17)8-9-18(23)25-11-16(22)15(10-20)19-21-13(2)12-26-19/h4-9,12,15H,3,11H2,1-2H3/b9-8+/t15-/m0/s1. The topological polar surface area (TPSA) is 89.3 Å². The van der Waals surface area contributed by atoms with Crippen molar-refractivity contribution >= 4 is 29.2 Å². The first-order valence-electron chi connectivity index (χ1n) is 7.96. The lowest BCUT2D eigenvalue weighted by atomic mass is 10.1. The van der Waals surface area contributed by atoms with Crippen LogP contribution in [-0.4, -0.2) is 30.0 Å². The Labute approximate surface area is 155 Å². The number of hydrogen-bond acceptors (Lipinski definition) is 7. The van der Waals surface area contributed by atoms with Crippen molar-refractivity contribution < 1.29 is 19.1 Å². The van der Waals surface area contributed by atoms with Crippen molar-refractivity contribution in [3.8, 4) is 11.8 Å². The van der Waals surface area contributed by atoms with E-state index in [4.69, 9.17) is 9.47 Å². The molecule has 0 aliphatic heterocycles. The smallest absolute Gasteiger partial charge is 0.331 e. The van der Waals surface area contributed by atoms with Crippen LogP contribution in [0.25, 0.3) is 6.08 Å². The van der Waals surface area contributed by atoms with Crippen molar-refractivity contribution in [1.29, 1.82) is 5.26 Å². The number of carbonyl (C=O) groups is 2. The number of Topliss-reactive ketones (excluding diaryl/α,β-unsaturated/α-hetero) is 1. The summed E-state index contributed by atoms with van der Waals surface area (Å²) in [6, 6.07) is 9.17. The van der Waals surface area contributed by atoms with E-state index in [1.165, 1.54) is 17.4 Å². The van der Waals surface area contributed by atoms with E-state index < -0.39 is 24.3 Å². The molecule has 0 spiro atoms. The van der Waals surface area contributed by atoms with Gasteiger partial charge >= 0.3 is 5.97 Å². The van der Waals surface area contributed by atoms with Gasteiger partial charge in [-0.25, -0.2) is 9.78 Å². The first-order chi connectivity index (χ1) is 12.5. The highest BCUT2D eigenvalue weighted by molar-refractivity contribution is 7.09. The van der Waals surface area contributed by atoms with Crippen molar-refractivity contribution in [3.05, 3.63) is 52.0 Å². The fourth-order valence-corrected chi connectivity index (χ4v) is 2.97. The molecule has 2 aromatic rings. The number of aryl methyl sites for hydroxylation is 1. The first kappa shape index (κ1) is 19.3. The summed E-state index contributed by atoms with van der Waals surface area (Å²) in [6.45, 7) is 3.68. The normalized spacial score (nSPS) is 11.7. The molecule has 0 bridgehead atoms. The highest BCUT2D eigenvalue weighted by Crippen LogP contribution is 2.21. The average Bonchev–Trinajstić information content (AvgIpc) is 3.06. The molecule has 134 valence electrons. The molecule has 6 nitrogen and oxygen atoms in total. The van der Waals surface area contributed by atoms with Gasteiger partial charge in [-0.05, 0) is 26.0 Å². The van der Waals surface area contributed by atoms with Crippen LogP contribution in [0.4, 0.5) is 0 Å². The molecular formula is C19H18N2O4S. The van der Waals surface area contributed by atoms with E-state index in [9.17, 15) is 14.9 Å². The van der Waals surface area contributed by atoms with Crippen LogP contribution in [-0.2, 0) is 14.3 Å². The number of ketones is 1. The van der Waals surface area contributed by atoms with E-state index in [1.54, 1.807) is 30.5 Å². The zero-order valence-corrected chi connectivity index (χ0v) is 15.3. The number of aromatic nitrogens is 1. The summed E-state index contributed by atoms with van der Waals surface area (Å²) < 4.78 is 10.4. The second kappa shape index (κ2) is 9.49. The predicted octanol–water partition coefficient (Wildman–Crippen LogP) is 3.28. The number of carbonyl (C=O) groups excluding carboxylic acids is 2. The number of rotatable bonds is 8. The van der Waals surface area contributed by atoms with E-state index in [-0.39, 0.29) is 0 Å². The fraction of sp³-hybridized carbons (Fsp3) is 0.263. The molecule has 0 unspecified atom stereocenters. The van der Waals surface area contributed by atoms with E-state index >= 15 is 0 Å². The van der Waals surface area contributed by atoms with Gasteiger partial charge in [-0.3, -0.25) is 4.79 Å². The Hall–Kier alpha value is -2.98. The summed E-state index contributed by atoms with van der Waals surface area (Å²) >= 11 is 1.24. The lowest BCUT2D eigenvalue weighted by molar-refractivity contribution is -0.143. The van der Waals surface area contributed by atoms with Gasteiger partial charge in [-0.2, -0.15) is 5.26 Å². The van der Waals surface area contributed by atoms with Crippen LogP contribution in [0.15, 0.2) is 35.7 Å². The molecule has 1 atom stereocenters. The van der Waals surface area contributed by atoms with Crippen LogP contribution < -0.4 is 4.74 Å². The highest BCUT2D eigenvalue weighted by Gasteiger charge is 2.24. The quantitative estimate of drug-likeness (QED) is 0.523. The van der Waals surface area contributed by atoms with Gasteiger partial charge in [0.1, 0.15) is 10.8 Å². The number of esters is 1. The Morgan fingerprint density at radius 1 is 1.38 bits per heavy atom. The number of hydrogen-bond donors (Lipinski definition) is 0. The first-order valence-corrected chi connectivity index (χ1v) is 8.84. The molecule has 1 aromatic carbocycles. The van der Waals surface area contributed by atoms with E-state index in [1.807, 2.05) is 25.1 Å². The maximum absolute atomic E-state index is 12.1. The monoisotopic (exact) mass is 370 g/mol. The number of para-hydroxylation sites is 1. The summed E-state index contributed by atoms with van der Waals surface area (Å²) in [5.41, 5.74) is 1.47. The molecule has 0 aliphatic carbocycles. The third-order valence-corrected chi connectivity index (χ3v) is 4.34. The summed E-state index contributed by atoms with van der Waals surface area (Å²) in [6.07, 6.45) is 2.78. The Balaban J connectivity index is 1.94. The van der Waals surface area contributed by atoms with E-state index in [0.717, 1.165) is 11.3 Å². The van der Waals surface area contributed by atoms with Crippen molar-refractivity contribution in [1.82, 2.24) is 4.98 Å². The molecular weight excluding hydrogens is 352 g/mol. The number of thiazole rings is 1. The lowest BCUT2D eigenvalue weighted by Gasteiger charge is -2.07. The number of nitriles is 1. The minimum atomic E-state index is -1.02. The molecule has 0 aliphatic rings. The molecule has 0 N–H and O–H groups in total. The molecule has 0 fully saturated rings. The van der Waals surface area contributed by atoms with Crippen molar-refractivity contribution in [2.24, 2.45) is 0 Å². The Morgan fingerprint density at radius 2 is 2.15 bits per heavy atom. The van der Waals surface area contributed by atoms with Crippen molar-refractivity contribution in [2.75, 3.05) is 13.2 Å². The summed E-state index contributed by atoms with van der Waals surface area (Å²) in [5.74, 6) is -1.54. The molecule has 7 heteroatoms. The Kier molecular flexibility index (Phi) is 7.06. The van der Waals surface area contributed by atoms with Crippen LogP contribution in [0.5, 0.6) is 5.75 Å². The van der Waals surface area contributed by atoms with Gasteiger partial charge in [0, 0.05) is 22.7 Å². The molecule has 26 heavy (non-hydrogen) atoms. The zero-order chi connectivity index (χ0) is 18.9. The van der Waals surface area contributed by atoms with Crippen molar-refractivity contribution in [2.45, 2.75) is 19.8 Å². The van der Waals surface area contributed by atoms with Crippen LogP contribution >= 0.6 is 11.3 Å². The second-order valence-electron chi connectivity index (χ2n) is 5.27. The lowest BCUT2D eigenvalue weighted by Crippen LogP contribution is -2.19. The van der Waals surface area contributed by atoms with Gasteiger partial charge in [0.2, 0.25) is 0 Å². The van der Waals surface area contributed by atoms with Crippen LogP contribution in [0.2, 0.25) is 0 Å². The van der Waals surface area contributed by atoms with Gasteiger partial charge in [0.25, 0.3) is 0 Å². The number of nitrogens with zero attached hydrogens (tertiary/aromatic N) is 2. The summed E-state index contributed by atoms with van der Waals surface area (Å²) in [5, 5.41) is 11.4. The maximum Gasteiger partial charge on any atom is 0.331 e. The minimum absolute atomic E-state index is 0.409. The van der Waals surface area contributed by atoms with Gasteiger partial charge < -0.3 is 9.47 Å². The third-order valence-electron chi connectivity index (χ3n) is 3.31. The molecule has 0 saturated heterocycles. The van der Waals surface area contributed by atoms with Crippen LogP contribution in [0.3, 0.4) is 0 Å². The van der Waals surface area contributed by atoms with Crippen molar-refractivity contribution in [3.63, 3.8) is 0 Å². The number of benzene rings is 1. The molecule has 2 rings (SSSR count). The van der Waals surface area contributed by atoms with Gasteiger partial charge in [0.15, 0.2) is 18.3 Å². The third kappa shape index (κ3) is 5.26. The summed E-state index contributed by atoms with van der Waals surface area (Å²) in [7, 11) is 0. The number of ether oxygens (including phenoxy) is 2. The van der Waals surface area contributed by atoms with Crippen LogP contribution in [0, 0.1) is 18.3 Å². The zero-order valence-electron chi connectivity index (χ0n) is 14.5. The molecule has 1 heterocycles. The Bertz CT molecular complexity index is 851. The van der Waals surface area contributed by atoms with Gasteiger partial charge in [-0.1, -0.05) is 18.2 Å². The van der Waals surface area contributed by atoms with Gasteiger partial charge in [-0.15, -0.1) is 11.3 Å². The van der Waals surface area contributed by atoms with Crippen LogP contribution in [0.1, 0.15) is 29.1 Å². The average molecular weight is 370 g/mol. The highest BCUT2D eigenvalue weighted by atomic mass is 32.1. The van der Waals surface area contributed by atoms with E-state index in [0.29, 0.717) is 17.4 Å². The van der Waals surface area contributed by atoms with Gasteiger partial charge in [0.05, 0.1) is 12.7 Å². The largest absolute Gasteiger partial charge is 0.493 e. The minimum Gasteiger partial charge on any atom is -0.493 e. The molecule has 1 aromatic heterocycles. The maximum atomic E-state index is 12.1. The molecule has 0 radical (unpaired) electrons. The van der Waals surface area contributed by atoms with E-state index in [2.05, 4.69) is 4.98 Å². The SMILES string of the molecule is CCOc1ccccc1/C=C/C(=O)OCC(=O)[C@H](C#N)c1nc(C)cs1.